The summed E-state index contributed by atoms with van der Waals surface area (Å²) in [6.45, 7) is 3.02. The van der Waals surface area contributed by atoms with Gasteiger partial charge in [-0.2, -0.15) is 0 Å². The Morgan fingerprint density at radius 3 is 2.50 bits per heavy atom. The van der Waals surface area contributed by atoms with Gasteiger partial charge in [0.2, 0.25) is 5.91 Å². The molecule has 4 heteroatoms. The molecule has 1 aliphatic heterocycles. The van der Waals surface area contributed by atoms with E-state index in [-0.39, 0.29) is 24.4 Å². The zero-order valence-electron chi connectivity index (χ0n) is 14.0. The molecule has 2 N–H and O–H groups in total. The average molecular weight is 345 g/mol. The highest BCUT2D eigenvalue weighted by molar-refractivity contribution is 5.85. The summed E-state index contributed by atoms with van der Waals surface area (Å²) in [4.78, 5) is 14.6. The highest BCUT2D eigenvalue weighted by atomic mass is 35.5. The van der Waals surface area contributed by atoms with Gasteiger partial charge in [-0.25, -0.2) is 0 Å². The van der Waals surface area contributed by atoms with E-state index >= 15 is 0 Å². The molecule has 0 bridgehead atoms. The lowest BCUT2D eigenvalue weighted by Crippen LogP contribution is -2.35. The molecule has 3 rings (SSSR count). The highest BCUT2D eigenvalue weighted by Gasteiger charge is 2.34. The van der Waals surface area contributed by atoms with Crippen LogP contribution in [-0.4, -0.2) is 23.4 Å². The Balaban J connectivity index is 0.00000208. The summed E-state index contributed by atoms with van der Waals surface area (Å²) >= 11 is 0. The number of rotatable bonds is 4. The van der Waals surface area contributed by atoms with Crippen LogP contribution < -0.4 is 5.73 Å². The van der Waals surface area contributed by atoms with Gasteiger partial charge in [0.15, 0.2) is 0 Å². The Morgan fingerprint density at radius 1 is 1.12 bits per heavy atom. The molecular weight excluding hydrogens is 320 g/mol. The third kappa shape index (κ3) is 3.90. The third-order valence-electron chi connectivity index (χ3n) is 4.97. The number of hydrogen-bond acceptors (Lipinski definition) is 2. The van der Waals surface area contributed by atoms with Crippen LogP contribution in [0.1, 0.15) is 36.8 Å². The summed E-state index contributed by atoms with van der Waals surface area (Å²) in [7, 11) is 0. The van der Waals surface area contributed by atoms with Gasteiger partial charge in [-0.3, -0.25) is 4.79 Å². The molecule has 2 atom stereocenters. The lowest BCUT2D eigenvalue weighted by atomic mass is 9.93. The number of para-hydroxylation sites is 1. The van der Waals surface area contributed by atoms with Crippen LogP contribution in [-0.2, 0) is 11.2 Å². The molecule has 0 radical (unpaired) electrons. The number of carbonyl (C=O) groups excluding carboxylic acids is 1. The first-order valence-electron chi connectivity index (χ1n) is 8.34. The van der Waals surface area contributed by atoms with E-state index in [0.717, 1.165) is 24.2 Å². The van der Waals surface area contributed by atoms with Crippen molar-refractivity contribution in [3.05, 3.63) is 65.7 Å². The summed E-state index contributed by atoms with van der Waals surface area (Å²) < 4.78 is 0. The van der Waals surface area contributed by atoms with E-state index in [1.807, 2.05) is 35.2 Å². The van der Waals surface area contributed by atoms with Crippen LogP contribution in [0.5, 0.6) is 0 Å². The van der Waals surface area contributed by atoms with Crippen LogP contribution in [0.25, 0.3) is 0 Å². The predicted octanol–water partition coefficient (Wildman–Crippen LogP) is 4.03. The van der Waals surface area contributed by atoms with Crippen LogP contribution in [0.3, 0.4) is 0 Å². The van der Waals surface area contributed by atoms with Gasteiger partial charge in [-0.15, -0.1) is 12.4 Å². The van der Waals surface area contributed by atoms with Crippen molar-refractivity contribution in [2.45, 2.75) is 38.1 Å². The van der Waals surface area contributed by atoms with E-state index in [4.69, 9.17) is 5.73 Å². The quantitative estimate of drug-likeness (QED) is 0.851. The number of carbonyl (C=O) groups is 1. The Labute approximate surface area is 150 Å². The maximum atomic E-state index is 12.6. The number of nitrogens with two attached hydrogens (primary N) is 1. The molecule has 1 aliphatic rings. The van der Waals surface area contributed by atoms with E-state index in [0.29, 0.717) is 18.8 Å². The first-order valence-corrected chi connectivity index (χ1v) is 8.34. The predicted molar refractivity (Wildman–Crippen MR) is 101 cm³/mol. The number of amides is 1. The number of nitrogen functional groups attached to an aromatic ring is 1. The summed E-state index contributed by atoms with van der Waals surface area (Å²) in [5.74, 6) is 0.682. The van der Waals surface area contributed by atoms with Crippen molar-refractivity contribution in [3.63, 3.8) is 0 Å². The molecule has 1 heterocycles. The maximum Gasteiger partial charge on any atom is 0.223 e. The molecule has 2 aromatic carbocycles. The Bertz CT molecular complexity index is 674. The lowest BCUT2D eigenvalue weighted by Gasteiger charge is -2.25. The molecule has 1 fully saturated rings. The second-order valence-corrected chi connectivity index (χ2v) is 6.33. The van der Waals surface area contributed by atoms with Gasteiger partial charge >= 0.3 is 0 Å². The van der Waals surface area contributed by atoms with Crippen molar-refractivity contribution in [3.8, 4) is 0 Å². The summed E-state index contributed by atoms with van der Waals surface area (Å²) in [6.07, 6.45) is 2.29. The lowest BCUT2D eigenvalue weighted by molar-refractivity contribution is -0.131. The second-order valence-electron chi connectivity index (χ2n) is 6.33. The minimum atomic E-state index is 0. The maximum absolute atomic E-state index is 12.6. The first-order chi connectivity index (χ1) is 11.2. The largest absolute Gasteiger partial charge is 0.399 e. The Morgan fingerprint density at radius 2 is 1.79 bits per heavy atom. The molecule has 0 saturated carbocycles. The molecule has 2 aromatic rings. The van der Waals surface area contributed by atoms with Crippen LogP contribution in [0.15, 0.2) is 54.6 Å². The number of aryl methyl sites for hydroxylation is 1. The molecule has 128 valence electrons. The molecule has 0 aromatic heterocycles. The molecule has 2 unspecified atom stereocenters. The fourth-order valence-corrected chi connectivity index (χ4v) is 3.58. The van der Waals surface area contributed by atoms with Crippen LogP contribution >= 0.6 is 12.4 Å². The number of likely N-dealkylation sites (tertiary alicyclic amines) is 1. The van der Waals surface area contributed by atoms with Gasteiger partial charge in [0, 0.05) is 30.6 Å². The average Bonchev–Trinajstić information content (AvgIpc) is 2.96. The first kappa shape index (κ1) is 18.3. The molecule has 1 amide bonds. The minimum Gasteiger partial charge on any atom is -0.399 e. The van der Waals surface area contributed by atoms with Crippen molar-refractivity contribution in [2.24, 2.45) is 0 Å². The molecule has 24 heavy (non-hydrogen) atoms. The zero-order chi connectivity index (χ0) is 16.2. The topological polar surface area (TPSA) is 46.3 Å². The monoisotopic (exact) mass is 344 g/mol. The highest BCUT2D eigenvalue weighted by Crippen LogP contribution is 2.33. The van der Waals surface area contributed by atoms with Gasteiger partial charge < -0.3 is 10.6 Å². The van der Waals surface area contributed by atoms with E-state index in [2.05, 4.69) is 31.2 Å². The van der Waals surface area contributed by atoms with Gasteiger partial charge in [0.1, 0.15) is 0 Å². The van der Waals surface area contributed by atoms with E-state index < -0.39 is 0 Å². The fourth-order valence-electron chi connectivity index (χ4n) is 3.58. The van der Waals surface area contributed by atoms with Crippen molar-refractivity contribution in [2.75, 3.05) is 12.3 Å². The van der Waals surface area contributed by atoms with Crippen LogP contribution in [0, 0.1) is 0 Å². The normalized spacial score (nSPS) is 19.8. The number of anilines is 1. The number of halogens is 1. The summed E-state index contributed by atoms with van der Waals surface area (Å²) in [6, 6.07) is 18.6. The Kier molecular flexibility index (Phi) is 6.27. The van der Waals surface area contributed by atoms with Crippen molar-refractivity contribution < 1.29 is 4.79 Å². The zero-order valence-corrected chi connectivity index (χ0v) is 14.8. The van der Waals surface area contributed by atoms with Crippen LogP contribution in [0.2, 0.25) is 0 Å². The van der Waals surface area contributed by atoms with E-state index in [1.165, 1.54) is 5.56 Å². The summed E-state index contributed by atoms with van der Waals surface area (Å²) in [5, 5.41) is 0. The number of nitrogens with zero attached hydrogens (tertiary/aromatic N) is 1. The Hall–Kier alpha value is -2.00. The van der Waals surface area contributed by atoms with Crippen molar-refractivity contribution in [1.82, 2.24) is 4.90 Å². The molecular formula is C20H25ClN2O. The van der Waals surface area contributed by atoms with Gasteiger partial charge in [0.25, 0.3) is 0 Å². The fraction of sp³-hybridized carbons (Fsp3) is 0.350. The molecule has 1 saturated heterocycles. The summed E-state index contributed by atoms with van der Waals surface area (Å²) in [5.41, 5.74) is 9.13. The van der Waals surface area contributed by atoms with Gasteiger partial charge in [-0.1, -0.05) is 48.5 Å². The van der Waals surface area contributed by atoms with Crippen molar-refractivity contribution in [1.29, 1.82) is 0 Å². The van der Waals surface area contributed by atoms with Gasteiger partial charge in [0.05, 0.1) is 0 Å². The van der Waals surface area contributed by atoms with Crippen LogP contribution in [0.4, 0.5) is 5.69 Å². The molecule has 0 aliphatic carbocycles. The number of benzene rings is 2. The molecule has 0 spiro atoms. The third-order valence-corrected chi connectivity index (χ3v) is 4.97. The van der Waals surface area contributed by atoms with E-state index in [1.54, 1.807) is 0 Å². The number of hydrogen-bond donors (Lipinski definition) is 1. The van der Waals surface area contributed by atoms with Gasteiger partial charge in [-0.05, 0) is 37.0 Å². The standard InChI is InChI=1S/C20H24N2O.ClH/c1-15-18(16-7-3-2-4-8-16)13-14-22(15)20(23)12-11-17-9-5-6-10-19(17)21;/h2-10,15,18H,11-14,21H2,1H3;1H. The minimum absolute atomic E-state index is 0. The van der Waals surface area contributed by atoms with Crippen molar-refractivity contribution >= 4 is 24.0 Å². The SMILES string of the molecule is CC1C(c2ccccc2)CCN1C(=O)CCc1ccccc1N.Cl. The smallest absolute Gasteiger partial charge is 0.223 e. The second kappa shape index (κ2) is 8.20. The molecule has 3 nitrogen and oxygen atoms in total. The van der Waals surface area contributed by atoms with E-state index in [9.17, 15) is 4.79 Å².